The first-order valence-electron chi connectivity index (χ1n) is 5.56. The van der Waals surface area contributed by atoms with Crippen molar-refractivity contribution in [1.29, 1.82) is 0 Å². The van der Waals surface area contributed by atoms with E-state index in [0.717, 1.165) is 6.07 Å². The molecule has 0 atom stereocenters. The Balaban J connectivity index is 3.19. The number of amides is 1. The van der Waals surface area contributed by atoms with Gasteiger partial charge in [-0.2, -0.15) is 13.2 Å². The van der Waals surface area contributed by atoms with Crippen LogP contribution in [0.2, 0.25) is 0 Å². The Hall–Kier alpha value is -1.35. The number of carbonyl (C=O) groups is 1. The second-order valence-corrected chi connectivity index (χ2v) is 6.55. The van der Waals surface area contributed by atoms with Crippen LogP contribution in [-0.4, -0.2) is 38.5 Å². The molecule has 0 saturated heterocycles. The van der Waals surface area contributed by atoms with Crippen LogP contribution in [0, 0.1) is 5.82 Å². The maximum absolute atomic E-state index is 13.3. The van der Waals surface area contributed by atoms with Crippen LogP contribution >= 0.6 is 10.7 Å². The first-order chi connectivity index (χ1) is 9.45. The van der Waals surface area contributed by atoms with E-state index < -0.39 is 44.0 Å². The summed E-state index contributed by atoms with van der Waals surface area (Å²) >= 11 is 0. The van der Waals surface area contributed by atoms with Gasteiger partial charge in [0.15, 0.2) is 0 Å². The predicted octanol–water partition coefficient (Wildman–Crippen LogP) is 2.78. The molecule has 0 fully saturated rings. The van der Waals surface area contributed by atoms with Crippen molar-refractivity contribution in [2.75, 3.05) is 13.1 Å². The molecule has 0 aromatic heterocycles. The molecule has 21 heavy (non-hydrogen) atoms. The Kier molecular flexibility index (Phi) is 5.21. The zero-order chi connectivity index (χ0) is 16.4. The molecule has 1 amide bonds. The van der Waals surface area contributed by atoms with Gasteiger partial charge in [-0.1, -0.05) is 0 Å². The Morgan fingerprint density at radius 3 is 2.33 bits per heavy atom. The summed E-state index contributed by atoms with van der Waals surface area (Å²) in [6, 6.07) is 2.16. The van der Waals surface area contributed by atoms with Crippen LogP contribution in [0.3, 0.4) is 0 Å². The Morgan fingerprint density at radius 2 is 1.90 bits per heavy atom. The molecule has 1 aromatic carbocycles. The van der Waals surface area contributed by atoms with Crippen molar-refractivity contribution in [3.05, 3.63) is 29.6 Å². The minimum atomic E-state index is -4.60. The second-order valence-electron chi connectivity index (χ2n) is 4.02. The molecular formula is C11H10ClF4NO3S. The van der Waals surface area contributed by atoms with Gasteiger partial charge < -0.3 is 4.90 Å². The molecule has 0 saturated carbocycles. The third-order valence-corrected chi connectivity index (χ3v) is 3.82. The predicted molar refractivity (Wildman–Crippen MR) is 67.1 cm³/mol. The van der Waals surface area contributed by atoms with Crippen LogP contribution in [0.5, 0.6) is 0 Å². The smallest absolute Gasteiger partial charge is 0.330 e. The third kappa shape index (κ3) is 4.85. The fourth-order valence-electron chi connectivity index (χ4n) is 1.55. The molecule has 0 N–H and O–H groups in total. The molecule has 0 bridgehead atoms. The Morgan fingerprint density at radius 1 is 1.33 bits per heavy atom. The number of hydrogen-bond acceptors (Lipinski definition) is 3. The standard InChI is InChI=1S/C11H10ClF4NO3S/c1-2-17(6-11(14,15)16)10(18)7-3-4-8(13)9(5-7)21(12,19)20/h3-5H,2,6H2,1H3. The van der Waals surface area contributed by atoms with Crippen molar-refractivity contribution in [3.8, 4) is 0 Å². The van der Waals surface area contributed by atoms with E-state index >= 15 is 0 Å². The topological polar surface area (TPSA) is 54.5 Å². The van der Waals surface area contributed by atoms with E-state index in [1.165, 1.54) is 6.92 Å². The summed E-state index contributed by atoms with van der Waals surface area (Å²) in [4.78, 5) is 11.4. The van der Waals surface area contributed by atoms with Gasteiger partial charge in [0.1, 0.15) is 17.3 Å². The van der Waals surface area contributed by atoms with Crippen molar-refractivity contribution in [2.24, 2.45) is 0 Å². The SMILES string of the molecule is CCN(CC(F)(F)F)C(=O)c1ccc(F)c(S(=O)(=O)Cl)c1. The lowest BCUT2D eigenvalue weighted by atomic mass is 10.2. The van der Waals surface area contributed by atoms with Gasteiger partial charge in [-0.15, -0.1) is 0 Å². The zero-order valence-corrected chi connectivity index (χ0v) is 12.2. The molecule has 0 aliphatic carbocycles. The Bertz CT molecular complexity index is 645. The van der Waals surface area contributed by atoms with Crippen LogP contribution in [0.4, 0.5) is 17.6 Å². The lowest BCUT2D eigenvalue weighted by Gasteiger charge is -2.22. The number of carbonyl (C=O) groups excluding carboxylic acids is 1. The fourth-order valence-corrected chi connectivity index (χ4v) is 2.47. The van der Waals surface area contributed by atoms with Gasteiger partial charge >= 0.3 is 6.18 Å². The summed E-state index contributed by atoms with van der Waals surface area (Å²) < 4.78 is 72.5. The van der Waals surface area contributed by atoms with Gasteiger partial charge in [0.05, 0.1) is 0 Å². The monoisotopic (exact) mass is 347 g/mol. The zero-order valence-electron chi connectivity index (χ0n) is 10.6. The maximum atomic E-state index is 13.3. The molecule has 0 radical (unpaired) electrons. The fraction of sp³-hybridized carbons (Fsp3) is 0.364. The first-order valence-corrected chi connectivity index (χ1v) is 7.87. The molecular weight excluding hydrogens is 338 g/mol. The van der Waals surface area contributed by atoms with E-state index in [-0.39, 0.29) is 6.54 Å². The van der Waals surface area contributed by atoms with Gasteiger partial charge in [-0.05, 0) is 25.1 Å². The van der Waals surface area contributed by atoms with Crippen molar-refractivity contribution in [1.82, 2.24) is 4.90 Å². The lowest BCUT2D eigenvalue weighted by molar-refractivity contribution is -0.140. The minimum Gasteiger partial charge on any atom is -0.330 e. The molecule has 0 aliphatic heterocycles. The average molecular weight is 348 g/mol. The quantitative estimate of drug-likeness (QED) is 0.621. The largest absolute Gasteiger partial charge is 0.406 e. The van der Waals surface area contributed by atoms with Crippen molar-refractivity contribution >= 4 is 25.6 Å². The molecule has 0 spiro atoms. The van der Waals surface area contributed by atoms with Crippen molar-refractivity contribution in [3.63, 3.8) is 0 Å². The molecule has 118 valence electrons. The molecule has 1 rings (SSSR count). The number of nitrogens with zero attached hydrogens (tertiary/aromatic N) is 1. The molecule has 4 nitrogen and oxygen atoms in total. The summed E-state index contributed by atoms with van der Waals surface area (Å²) in [6.07, 6.45) is -4.60. The van der Waals surface area contributed by atoms with Crippen LogP contribution in [0.15, 0.2) is 23.1 Å². The number of rotatable bonds is 4. The molecule has 0 unspecified atom stereocenters. The van der Waals surface area contributed by atoms with Gasteiger partial charge in [-0.25, -0.2) is 12.8 Å². The van der Waals surface area contributed by atoms with Gasteiger partial charge in [0, 0.05) is 22.8 Å². The number of halogens is 5. The van der Waals surface area contributed by atoms with E-state index in [4.69, 9.17) is 10.7 Å². The van der Waals surface area contributed by atoms with Crippen molar-refractivity contribution < 1.29 is 30.8 Å². The van der Waals surface area contributed by atoms with Gasteiger partial charge in [0.25, 0.3) is 15.0 Å². The van der Waals surface area contributed by atoms with E-state index in [0.29, 0.717) is 17.0 Å². The molecule has 0 aliphatic rings. The molecule has 10 heteroatoms. The maximum Gasteiger partial charge on any atom is 0.406 e. The van der Waals surface area contributed by atoms with E-state index in [2.05, 4.69) is 0 Å². The molecule has 1 aromatic rings. The third-order valence-electron chi connectivity index (χ3n) is 2.48. The second kappa shape index (κ2) is 6.18. The minimum absolute atomic E-state index is 0.251. The highest BCUT2D eigenvalue weighted by Gasteiger charge is 2.33. The summed E-state index contributed by atoms with van der Waals surface area (Å²) in [5.74, 6) is -2.27. The van der Waals surface area contributed by atoms with Crippen molar-refractivity contribution in [2.45, 2.75) is 18.0 Å². The summed E-state index contributed by atoms with van der Waals surface area (Å²) in [6.45, 7) is -0.423. The van der Waals surface area contributed by atoms with Gasteiger partial charge in [0.2, 0.25) is 0 Å². The number of alkyl halides is 3. The van der Waals surface area contributed by atoms with Crippen LogP contribution in [-0.2, 0) is 9.05 Å². The van der Waals surface area contributed by atoms with E-state index in [9.17, 15) is 30.8 Å². The number of benzene rings is 1. The average Bonchev–Trinajstić information content (AvgIpc) is 2.33. The van der Waals surface area contributed by atoms with E-state index in [1.807, 2.05) is 0 Å². The highest BCUT2D eigenvalue weighted by atomic mass is 35.7. The van der Waals surface area contributed by atoms with Crippen LogP contribution in [0.1, 0.15) is 17.3 Å². The summed E-state index contributed by atoms with van der Waals surface area (Å²) in [7, 11) is 0.535. The lowest BCUT2D eigenvalue weighted by Crippen LogP contribution is -2.38. The summed E-state index contributed by atoms with van der Waals surface area (Å²) in [5.41, 5.74) is -0.401. The summed E-state index contributed by atoms with van der Waals surface area (Å²) in [5, 5.41) is 0. The van der Waals surface area contributed by atoms with Crippen LogP contribution < -0.4 is 0 Å². The Labute approximate surface area is 122 Å². The highest BCUT2D eigenvalue weighted by Crippen LogP contribution is 2.22. The number of hydrogen-bond donors (Lipinski definition) is 0. The van der Waals surface area contributed by atoms with Crippen LogP contribution in [0.25, 0.3) is 0 Å². The van der Waals surface area contributed by atoms with E-state index in [1.54, 1.807) is 0 Å². The highest BCUT2D eigenvalue weighted by molar-refractivity contribution is 8.13. The first kappa shape index (κ1) is 17.7. The normalized spacial score (nSPS) is 12.3. The van der Waals surface area contributed by atoms with Gasteiger partial charge in [-0.3, -0.25) is 4.79 Å². The molecule has 0 heterocycles.